The van der Waals surface area contributed by atoms with Gasteiger partial charge in [0.2, 0.25) is 5.91 Å². The van der Waals surface area contributed by atoms with Crippen molar-refractivity contribution in [3.05, 3.63) is 24.0 Å². The van der Waals surface area contributed by atoms with Gasteiger partial charge in [0.25, 0.3) is 0 Å². The lowest BCUT2D eigenvalue weighted by Gasteiger charge is -2.26. The van der Waals surface area contributed by atoms with Gasteiger partial charge in [-0.05, 0) is 38.3 Å². The van der Waals surface area contributed by atoms with E-state index in [1.165, 1.54) is 18.2 Å². The maximum absolute atomic E-state index is 13.2. The molecule has 2 N–H and O–H groups in total. The van der Waals surface area contributed by atoms with E-state index in [1.54, 1.807) is 6.92 Å². The SMILES string of the molecule is CCOc1cc(F)ccc1NC(=O)C1CCCC(C(=O)O)C1. The Morgan fingerprint density at radius 3 is 2.77 bits per heavy atom. The van der Waals surface area contributed by atoms with Crippen LogP contribution in [-0.4, -0.2) is 23.6 Å². The summed E-state index contributed by atoms with van der Waals surface area (Å²) in [5.74, 6) is -2.06. The molecule has 1 aliphatic carbocycles. The summed E-state index contributed by atoms with van der Waals surface area (Å²) in [5.41, 5.74) is 0.408. The van der Waals surface area contributed by atoms with Gasteiger partial charge in [-0.3, -0.25) is 9.59 Å². The molecule has 5 nitrogen and oxygen atoms in total. The Morgan fingerprint density at radius 2 is 2.09 bits per heavy atom. The second kappa shape index (κ2) is 7.24. The molecule has 2 unspecified atom stereocenters. The molecule has 2 rings (SSSR count). The molecule has 2 atom stereocenters. The minimum absolute atomic E-state index is 0.237. The van der Waals surface area contributed by atoms with E-state index in [0.717, 1.165) is 6.42 Å². The molecular weight excluding hydrogens is 289 g/mol. The van der Waals surface area contributed by atoms with Crippen molar-refractivity contribution in [1.82, 2.24) is 0 Å². The van der Waals surface area contributed by atoms with Crippen LogP contribution in [0.1, 0.15) is 32.6 Å². The number of rotatable bonds is 5. The summed E-state index contributed by atoms with van der Waals surface area (Å²) >= 11 is 0. The van der Waals surface area contributed by atoms with Gasteiger partial charge in [0.15, 0.2) is 0 Å². The third kappa shape index (κ3) is 3.96. The second-order valence-electron chi connectivity index (χ2n) is 5.46. The van der Waals surface area contributed by atoms with Crippen LogP contribution in [0.25, 0.3) is 0 Å². The maximum atomic E-state index is 13.2. The quantitative estimate of drug-likeness (QED) is 0.876. The summed E-state index contributed by atoms with van der Waals surface area (Å²) in [4.78, 5) is 23.4. The standard InChI is InChI=1S/C16H20FNO4/c1-2-22-14-9-12(17)6-7-13(14)18-15(19)10-4-3-5-11(8-10)16(20)21/h6-7,9-11H,2-5,8H2,1H3,(H,18,19)(H,20,21). The van der Waals surface area contributed by atoms with Crippen LogP contribution in [0, 0.1) is 17.7 Å². The number of anilines is 1. The molecule has 0 heterocycles. The van der Waals surface area contributed by atoms with Crippen LogP contribution in [0.4, 0.5) is 10.1 Å². The van der Waals surface area contributed by atoms with Crippen molar-refractivity contribution in [2.24, 2.45) is 11.8 Å². The zero-order valence-electron chi connectivity index (χ0n) is 12.5. The molecule has 0 saturated heterocycles. The van der Waals surface area contributed by atoms with Gasteiger partial charge in [-0.1, -0.05) is 6.42 Å². The zero-order valence-corrected chi connectivity index (χ0v) is 12.5. The van der Waals surface area contributed by atoms with Crippen LogP contribution in [0.15, 0.2) is 18.2 Å². The third-order valence-corrected chi connectivity index (χ3v) is 3.90. The number of carbonyl (C=O) groups is 2. The van der Waals surface area contributed by atoms with Gasteiger partial charge in [-0.25, -0.2) is 4.39 Å². The average molecular weight is 309 g/mol. The van der Waals surface area contributed by atoms with Crippen LogP contribution in [0.2, 0.25) is 0 Å². The largest absolute Gasteiger partial charge is 0.492 e. The summed E-state index contributed by atoms with van der Waals surface area (Å²) in [6.07, 6.45) is 2.34. The normalized spacial score (nSPS) is 21.2. The van der Waals surface area contributed by atoms with Crippen molar-refractivity contribution in [3.8, 4) is 5.75 Å². The molecule has 120 valence electrons. The number of carbonyl (C=O) groups excluding carboxylic acids is 1. The van der Waals surface area contributed by atoms with Gasteiger partial charge in [-0.15, -0.1) is 0 Å². The number of benzene rings is 1. The topological polar surface area (TPSA) is 75.6 Å². The molecule has 0 bridgehead atoms. The lowest BCUT2D eigenvalue weighted by atomic mass is 9.81. The number of carboxylic acids is 1. The Kier molecular flexibility index (Phi) is 5.35. The lowest BCUT2D eigenvalue weighted by molar-refractivity contribution is -0.143. The summed E-state index contributed by atoms with van der Waals surface area (Å²) in [6.45, 7) is 2.13. The number of aliphatic carboxylic acids is 1. The van der Waals surface area contributed by atoms with Gasteiger partial charge in [0.1, 0.15) is 11.6 Å². The van der Waals surface area contributed by atoms with Gasteiger partial charge in [-0.2, -0.15) is 0 Å². The number of amides is 1. The van der Waals surface area contributed by atoms with Crippen LogP contribution >= 0.6 is 0 Å². The summed E-state index contributed by atoms with van der Waals surface area (Å²) in [7, 11) is 0. The Balaban J connectivity index is 2.07. The van der Waals surface area contributed by atoms with Crippen molar-refractivity contribution in [2.45, 2.75) is 32.6 Å². The van der Waals surface area contributed by atoms with Crippen LogP contribution in [0.3, 0.4) is 0 Å². The molecule has 1 aromatic carbocycles. The first kappa shape index (κ1) is 16.3. The van der Waals surface area contributed by atoms with Crippen molar-refractivity contribution >= 4 is 17.6 Å². The number of halogens is 1. The summed E-state index contributed by atoms with van der Waals surface area (Å²) in [6, 6.07) is 3.93. The van der Waals surface area contributed by atoms with Crippen LogP contribution in [0.5, 0.6) is 5.75 Å². The molecular formula is C16H20FNO4. The number of carboxylic acid groups (broad SMARTS) is 1. The Hall–Kier alpha value is -2.11. The summed E-state index contributed by atoms with van der Waals surface area (Å²) < 4.78 is 18.6. The molecule has 0 aliphatic heterocycles. The molecule has 1 aliphatic rings. The second-order valence-corrected chi connectivity index (χ2v) is 5.46. The highest BCUT2D eigenvalue weighted by Crippen LogP contribution is 2.32. The van der Waals surface area contributed by atoms with Crippen molar-refractivity contribution in [1.29, 1.82) is 0 Å². The predicted octanol–water partition coefficient (Wildman–Crippen LogP) is 3.05. The van der Waals surface area contributed by atoms with E-state index in [0.29, 0.717) is 31.6 Å². The zero-order chi connectivity index (χ0) is 16.1. The molecule has 0 spiro atoms. The molecule has 6 heteroatoms. The van der Waals surface area contributed by atoms with Gasteiger partial charge >= 0.3 is 5.97 Å². The Labute approximate surface area is 128 Å². The number of ether oxygens (including phenoxy) is 1. The van der Waals surface area contributed by atoms with Crippen LogP contribution in [-0.2, 0) is 9.59 Å². The number of hydrogen-bond donors (Lipinski definition) is 2. The number of hydrogen-bond acceptors (Lipinski definition) is 3. The highest BCUT2D eigenvalue weighted by Gasteiger charge is 2.31. The molecule has 22 heavy (non-hydrogen) atoms. The van der Waals surface area contributed by atoms with Crippen molar-refractivity contribution < 1.29 is 23.8 Å². The van der Waals surface area contributed by atoms with Crippen molar-refractivity contribution in [2.75, 3.05) is 11.9 Å². The Morgan fingerprint density at radius 1 is 1.36 bits per heavy atom. The van der Waals surface area contributed by atoms with E-state index >= 15 is 0 Å². The van der Waals surface area contributed by atoms with E-state index in [1.807, 2.05) is 0 Å². The van der Waals surface area contributed by atoms with Gasteiger partial charge in [0.05, 0.1) is 18.2 Å². The van der Waals surface area contributed by atoms with Crippen molar-refractivity contribution in [3.63, 3.8) is 0 Å². The first-order valence-corrected chi connectivity index (χ1v) is 7.47. The van der Waals surface area contributed by atoms with E-state index in [2.05, 4.69) is 5.32 Å². The van der Waals surface area contributed by atoms with Gasteiger partial charge < -0.3 is 15.2 Å². The fourth-order valence-electron chi connectivity index (χ4n) is 2.76. The fourth-order valence-corrected chi connectivity index (χ4v) is 2.76. The van der Waals surface area contributed by atoms with E-state index in [4.69, 9.17) is 9.84 Å². The fraction of sp³-hybridized carbons (Fsp3) is 0.500. The number of nitrogens with one attached hydrogen (secondary N) is 1. The minimum atomic E-state index is -0.853. The van der Waals surface area contributed by atoms with E-state index in [9.17, 15) is 14.0 Å². The molecule has 1 saturated carbocycles. The van der Waals surface area contributed by atoms with Crippen LogP contribution < -0.4 is 10.1 Å². The highest BCUT2D eigenvalue weighted by atomic mass is 19.1. The predicted molar refractivity (Wildman–Crippen MR) is 79.3 cm³/mol. The molecule has 0 aromatic heterocycles. The average Bonchev–Trinajstić information content (AvgIpc) is 2.50. The highest BCUT2D eigenvalue weighted by molar-refractivity contribution is 5.94. The maximum Gasteiger partial charge on any atom is 0.306 e. The molecule has 1 fully saturated rings. The first-order chi connectivity index (χ1) is 10.5. The first-order valence-electron chi connectivity index (χ1n) is 7.47. The van der Waals surface area contributed by atoms with Gasteiger partial charge in [0, 0.05) is 12.0 Å². The monoisotopic (exact) mass is 309 g/mol. The lowest BCUT2D eigenvalue weighted by Crippen LogP contribution is -2.31. The Bertz CT molecular complexity index is 561. The third-order valence-electron chi connectivity index (χ3n) is 3.90. The molecule has 1 amide bonds. The van der Waals surface area contributed by atoms with E-state index < -0.39 is 17.7 Å². The summed E-state index contributed by atoms with van der Waals surface area (Å²) in [5, 5.41) is 11.8. The molecule has 0 radical (unpaired) electrons. The minimum Gasteiger partial charge on any atom is -0.492 e. The molecule has 1 aromatic rings. The smallest absolute Gasteiger partial charge is 0.306 e. The van der Waals surface area contributed by atoms with E-state index in [-0.39, 0.29) is 17.6 Å².